The van der Waals surface area contributed by atoms with Crippen LogP contribution in [0.1, 0.15) is 65.7 Å². The van der Waals surface area contributed by atoms with Crippen molar-refractivity contribution < 1.29 is 24.6 Å². The number of carbonyl (C=O) groups is 1. The Morgan fingerprint density at radius 3 is 2.44 bits per heavy atom. The molecule has 0 aliphatic carbocycles. The second kappa shape index (κ2) is 24.7. The van der Waals surface area contributed by atoms with Gasteiger partial charge in [0.2, 0.25) is 5.91 Å². The highest BCUT2D eigenvalue weighted by atomic mass is 35.5. The van der Waals surface area contributed by atoms with Crippen molar-refractivity contribution >= 4 is 17.5 Å². The van der Waals surface area contributed by atoms with Crippen molar-refractivity contribution in [2.75, 3.05) is 59.0 Å². The Balaban J connectivity index is 0.000000442. The average Bonchev–Trinajstić information content (AvgIpc) is 3.00. The van der Waals surface area contributed by atoms with Crippen LogP contribution in [0.4, 0.5) is 0 Å². The molecule has 1 saturated heterocycles. The number of carbonyl (C=O) groups excluding carboxylic acids is 1. The Kier molecular flexibility index (Phi) is 22.1. The largest absolute Gasteiger partial charge is 0.493 e. The molecule has 1 amide bonds. The van der Waals surface area contributed by atoms with Gasteiger partial charge in [0.15, 0.2) is 0 Å². The Morgan fingerprint density at radius 1 is 1.09 bits per heavy atom. The van der Waals surface area contributed by atoms with Gasteiger partial charge < -0.3 is 24.9 Å². The summed E-state index contributed by atoms with van der Waals surface area (Å²) in [5.41, 5.74) is 0. The number of ether oxygens (including phenoxy) is 1. The third kappa shape index (κ3) is 20.0. The molecular weight excluding hydrogens is 572 g/mol. The molecule has 244 valence electrons. The van der Waals surface area contributed by atoms with Gasteiger partial charge in [-0.2, -0.15) is 0 Å². The van der Waals surface area contributed by atoms with Crippen molar-refractivity contribution in [2.45, 2.75) is 71.8 Å². The summed E-state index contributed by atoms with van der Waals surface area (Å²) in [5.74, 6) is 1.17. The number of amides is 1. The first-order valence-corrected chi connectivity index (χ1v) is 16.0. The molecule has 2 atom stereocenters. The molecule has 1 aliphatic rings. The lowest BCUT2D eigenvalue weighted by atomic mass is 9.97. The number of benzene rings is 1. The van der Waals surface area contributed by atoms with Gasteiger partial charge in [0, 0.05) is 63.2 Å². The monoisotopic (exact) mass is 624 g/mol. The molecule has 0 aromatic heterocycles. The Hall–Kier alpha value is -2.66. The highest BCUT2D eigenvalue weighted by molar-refractivity contribution is 6.30. The molecule has 1 aromatic rings. The lowest BCUT2D eigenvalue weighted by Gasteiger charge is -2.34. The van der Waals surface area contributed by atoms with Crippen LogP contribution in [0.5, 0.6) is 5.75 Å². The number of unbranched alkanes of at least 4 members (excludes halogenated alkanes) is 1. The van der Waals surface area contributed by atoms with E-state index in [1.807, 2.05) is 38.1 Å². The second-order valence-electron chi connectivity index (χ2n) is 10.5. The van der Waals surface area contributed by atoms with Crippen LogP contribution in [-0.2, 0) is 9.63 Å². The van der Waals surface area contributed by atoms with E-state index in [0.717, 1.165) is 77.1 Å². The maximum Gasteiger partial charge on any atom is 0.294 e. The molecule has 0 bridgehead atoms. The van der Waals surface area contributed by atoms with Crippen molar-refractivity contribution in [1.82, 2.24) is 15.1 Å². The molecule has 1 fully saturated rings. The number of hydrogen-bond donors (Lipinski definition) is 2. The minimum absolute atomic E-state index is 0.129. The summed E-state index contributed by atoms with van der Waals surface area (Å²) in [6.45, 7) is 13.1. The summed E-state index contributed by atoms with van der Waals surface area (Å²) in [6.07, 6.45) is 13.7. The van der Waals surface area contributed by atoms with Crippen LogP contribution < -0.4 is 10.1 Å². The van der Waals surface area contributed by atoms with E-state index in [-0.39, 0.29) is 24.5 Å². The molecule has 0 saturated carbocycles. The smallest absolute Gasteiger partial charge is 0.294 e. The summed E-state index contributed by atoms with van der Waals surface area (Å²) in [7, 11) is 0. The number of piperazine rings is 1. The standard InChI is InChI=1S/C16H23ClO2.C16H30N4O4/c1-3-13(16(18)4-2)8-5-6-11-19-15-10-7-9-14(17)12-15;1-2-3-4-5-7-16(21)17-8-10-19-13-11-18(12-14-19)9-6-15-24-20(22)23/h5,7-10,12-13,16,18H,3-4,6,11H2,1-2H3;2-3H,4-15H2,1H3,(H,17,21)/b8-5+;3-2-. The lowest BCUT2D eigenvalue weighted by Crippen LogP contribution is -2.48. The molecule has 1 aliphatic heterocycles. The predicted molar refractivity (Wildman–Crippen MR) is 173 cm³/mol. The van der Waals surface area contributed by atoms with E-state index in [1.54, 1.807) is 6.07 Å². The van der Waals surface area contributed by atoms with Crippen molar-refractivity contribution in [3.05, 3.63) is 63.7 Å². The third-order valence-electron chi connectivity index (χ3n) is 7.16. The first-order chi connectivity index (χ1) is 20.8. The molecule has 43 heavy (non-hydrogen) atoms. The summed E-state index contributed by atoms with van der Waals surface area (Å²) in [5, 5.41) is 22.8. The van der Waals surface area contributed by atoms with Crippen LogP contribution >= 0.6 is 11.6 Å². The number of aliphatic hydroxyl groups is 1. The maximum absolute atomic E-state index is 11.7. The summed E-state index contributed by atoms with van der Waals surface area (Å²) in [4.78, 5) is 30.7. The summed E-state index contributed by atoms with van der Waals surface area (Å²) < 4.78 is 5.59. The number of rotatable bonds is 20. The van der Waals surface area contributed by atoms with E-state index in [0.29, 0.717) is 31.0 Å². The van der Waals surface area contributed by atoms with Crippen molar-refractivity contribution in [2.24, 2.45) is 5.92 Å². The van der Waals surface area contributed by atoms with Gasteiger partial charge in [-0.1, -0.05) is 55.8 Å². The maximum atomic E-state index is 11.7. The highest BCUT2D eigenvalue weighted by Gasteiger charge is 2.16. The van der Waals surface area contributed by atoms with Crippen molar-refractivity contribution in [3.63, 3.8) is 0 Å². The molecule has 2 unspecified atom stereocenters. The average molecular weight is 625 g/mol. The number of halogens is 1. The predicted octanol–water partition coefficient (Wildman–Crippen LogP) is 5.53. The van der Waals surface area contributed by atoms with E-state index in [9.17, 15) is 20.0 Å². The molecule has 0 radical (unpaired) electrons. The first-order valence-electron chi connectivity index (χ1n) is 15.6. The van der Waals surface area contributed by atoms with Gasteiger partial charge in [0.25, 0.3) is 5.09 Å². The molecule has 2 N–H and O–H groups in total. The van der Waals surface area contributed by atoms with Gasteiger partial charge in [-0.05, 0) is 63.6 Å². The normalized spacial score (nSPS) is 15.6. The fraction of sp³-hybridized carbons (Fsp3) is 0.656. The Morgan fingerprint density at radius 2 is 1.81 bits per heavy atom. The topological polar surface area (TPSA) is 117 Å². The summed E-state index contributed by atoms with van der Waals surface area (Å²) in [6, 6.07) is 7.40. The number of aliphatic hydroxyl groups excluding tert-OH is 1. The zero-order valence-corrected chi connectivity index (χ0v) is 27.1. The van der Waals surface area contributed by atoms with Crippen molar-refractivity contribution in [1.29, 1.82) is 0 Å². The number of nitrogens with one attached hydrogen (secondary N) is 1. The molecule has 1 heterocycles. The SMILES string of the molecule is C/C=C\CCCC(=O)NCCN1CCN(CCCO[N+](=O)[O-])CC1.CCC(O)C(/C=C/CCOc1cccc(Cl)c1)CC. The van der Waals surface area contributed by atoms with Crippen LogP contribution in [0.3, 0.4) is 0 Å². The number of hydrogen-bond acceptors (Lipinski definition) is 8. The molecule has 1 aromatic carbocycles. The molecule has 0 spiro atoms. The van der Waals surface area contributed by atoms with E-state index < -0.39 is 5.09 Å². The summed E-state index contributed by atoms with van der Waals surface area (Å²) >= 11 is 5.87. The minimum atomic E-state index is -0.743. The van der Waals surface area contributed by atoms with E-state index in [2.05, 4.69) is 45.1 Å². The Bertz CT molecular complexity index is 940. The van der Waals surface area contributed by atoms with Gasteiger partial charge in [-0.3, -0.25) is 9.69 Å². The quantitative estimate of drug-likeness (QED) is 0.0842. The van der Waals surface area contributed by atoms with E-state index >= 15 is 0 Å². The van der Waals surface area contributed by atoms with Gasteiger partial charge >= 0.3 is 0 Å². The fourth-order valence-corrected chi connectivity index (χ4v) is 4.74. The lowest BCUT2D eigenvalue weighted by molar-refractivity contribution is -0.757. The van der Waals surface area contributed by atoms with Crippen LogP contribution in [0.25, 0.3) is 0 Å². The zero-order chi connectivity index (χ0) is 31.7. The Labute approximate surface area is 263 Å². The van der Waals surface area contributed by atoms with E-state index in [4.69, 9.17) is 16.3 Å². The molecular formula is C32H53ClN4O6. The number of allylic oxidation sites excluding steroid dienone is 2. The minimum Gasteiger partial charge on any atom is -0.493 e. The molecule has 2 rings (SSSR count). The van der Waals surface area contributed by atoms with Gasteiger partial charge in [0.1, 0.15) is 5.75 Å². The molecule has 11 heteroatoms. The first kappa shape index (κ1) is 38.4. The highest BCUT2D eigenvalue weighted by Crippen LogP contribution is 2.18. The van der Waals surface area contributed by atoms with Gasteiger partial charge in [-0.15, -0.1) is 10.1 Å². The van der Waals surface area contributed by atoms with Crippen molar-refractivity contribution in [3.8, 4) is 5.75 Å². The van der Waals surface area contributed by atoms with Crippen LogP contribution in [0.15, 0.2) is 48.6 Å². The third-order valence-corrected chi connectivity index (χ3v) is 7.39. The van der Waals surface area contributed by atoms with Crippen LogP contribution in [-0.4, -0.2) is 91.0 Å². The van der Waals surface area contributed by atoms with Crippen LogP contribution in [0, 0.1) is 16.0 Å². The second-order valence-corrected chi connectivity index (χ2v) is 10.9. The zero-order valence-electron chi connectivity index (χ0n) is 26.3. The van der Waals surface area contributed by atoms with Gasteiger partial charge in [0.05, 0.1) is 19.3 Å². The van der Waals surface area contributed by atoms with E-state index in [1.165, 1.54) is 0 Å². The van der Waals surface area contributed by atoms with Crippen LogP contribution in [0.2, 0.25) is 5.02 Å². The van der Waals surface area contributed by atoms with Gasteiger partial charge in [-0.25, -0.2) is 0 Å². The molecule has 10 nitrogen and oxygen atoms in total. The fourth-order valence-electron chi connectivity index (χ4n) is 4.56. The number of nitrogens with zero attached hydrogens (tertiary/aromatic N) is 3.